The Hall–Kier alpha value is -1.93. The third-order valence-electron chi connectivity index (χ3n) is 3.85. The van der Waals surface area contributed by atoms with E-state index >= 15 is 0 Å². The Labute approximate surface area is 135 Å². The first-order valence-electron chi connectivity index (χ1n) is 7.36. The number of nitrogens with zero attached hydrogens (tertiary/aromatic N) is 1. The van der Waals surface area contributed by atoms with Crippen molar-refractivity contribution in [2.75, 3.05) is 19.3 Å². The van der Waals surface area contributed by atoms with Gasteiger partial charge in [-0.2, -0.15) is 4.31 Å². The molecule has 1 aliphatic rings. The fraction of sp³-hybridized carbons (Fsp3) is 0.467. The summed E-state index contributed by atoms with van der Waals surface area (Å²) in [6.45, 7) is 0.757. The van der Waals surface area contributed by atoms with Crippen LogP contribution in [0, 0.1) is 0 Å². The van der Waals surface area contributed by atoms with Crippen LogP contribution < -0.4 is 5.32 Å². The van der Waals surface area contributed by atoms with Gasteiger partial charge >= 0.3 is 5.97 Å². The van der Waals surface area contributed by atoms with Crippen LogP contribution in [0.1, 0.15) is 28.8 Å². The summed E-state index contributed by atoms with van der Waals surface area (Å²) in [5, 5.41) is 11.6. The van der Waals surface area contributed by atoms with E-state index in [2.05, 4.69) is 5.32 Å². The van der Waals surface area contributed by atoms with Crippen LogP contribution in [-0.4, -0.2) is 55.1 Å². The van der Waals surface area contributed by atoms with Crippen molar-refractivity contribution in [2.45, 2.75) is 25.3 Å². The molecule has 2 N–H and O–H groups in total. The van der Waals surface area contributed by atoms with Crippen molar-refractivity contribution in [2.24, 2.45) is 0 Å². The molecular formula is C15H20N2O5S. The van der Waals surface area contributed by atoms with E-state index in [0.29, 0.717) is 32.4 Å². The normalized spacial score (nSPS) is 18.7. The lowest BCUT2D eigenvalue weighted by Crippen LogP contribution is -2.45. The van der Waals surface area contributed by atoms with Crippen LogP contribution in [0.4, 0.5) is 0 Å². The van der Waals surface area contributed by atoms with Gasteiger partial charge in [-0.25, -0.2) is 13.2 Å². The molecule has 1 aromatic carbocycles. The van der Waals surface area contributed by atoms with Crippen LogP contribution in [0.25, 0.3) is 0 Å². The molecule has 7 nitrogen and oxygen atoms in total. The fourth-order valence-electron chi connectivity index (χ4n) is 2.66. The lowest BCUT2D eigenvalue weighted by molar-refractivity contribution is -0.124. The number of sulfonamides is 1. The van der Waals surface area contributed by atoms with Crippen molar-refractivity contribution in [1.29, 1.82) is 0 Å². The van der Waals surface area contributed by atoms with Crippen molar-refractivity contribution in [1.82, 2.24) is 9.62 Å². The summed E-state index contributed by atoms with van der Waals surface area (Å²) < 4.78 is 24.5. The summed E-state index contributed by atoms with van der Waals surface area (Å²) in [6.07, 6.45) is 2.88. The number of hydrogen-bond donors (Lipinski definition) is 2. The molecule has 0 bridgehead atoms. The first kappa shape index (κ1) is 17.4. The molecule has 0 unspecified atom stereocenters. The summed E-state index contributed by atoms with van der Waals surface area (Å²) in [6, 6.07) is 5.81. The molecule has 1 saturated heterocycles. The minimum atomic E-state index is -3.37. The van der Waals surface area contributed by atoms with E-state index < -0.39 is 22.0 Å². The van der Waals surface area contributed by atoms with Gasteiger partial charge in [0, 0.05) is 13.1 Å². The Morgan fingerprint density at radius 2 is 1.96 bits per heavy atom. The van der Waals surface area contributed by atoms with Crippen molar-refractivity contribution >= 4 is 21.9 Å². The molecule has 23 heavy (non-hydrogen) atoms. The van der Waals surface area contributed by atoms with E-state index in [1.54, 1.807) is 12.1 Å². The van der Waals surface area contributed by atoms with Gasteiger partial charge in [0.1, 0.15) is 6.04 Å². The molecule has 0 saturated carbocycles. The maximum absolute atomic E-state index is 12.1. The third-order valence-corrected chi connectivity index (χ3v) is 5.14. The minimum Gasteiger partial charge on any atom is -0.478 e. The maximum Gasteiger partial charge on any atom is 0.335 e. The van der Waals surface area contributed by atoms with E-state index in [1.807, 2.05) is 0 Å². The fourth-order valence-corrected chi connectivity index (χ4v) is 3.79. The Balaban J connectivity index is 1.86. The molecule has 1 atom stereocenters. The van der Waals surface area contributed by atoms with Crippen LogP contribution in [0.3, 0.4) is 0 Å². The highest BCUT2D eigenvalue weighted by atomic mass is 32.2. The molecule has 2 rings (SSSR count). The monoisotopic (exact) mass is 340 g/mol. The number of carbonyl (C=O) groups is 2. The van der Waals surface area contributed by atoms with Crippen molar-refractivity contribution < 1.29 is 23.1 Å². The number of nitrogens with one attached hydrogen (secondary N) is 1. The Bertz CT molecular complexity index is 684. The molecule has 0 radical (unpaired) electrons. The second-order valence-corrected chi connectivity index (χ2v) is 7.51. The first-order chi connectivity index (χ1) is 10.8. The highest BCUT2D eigenvalue weighted by molar-refractivity contribution is 7.88. The number of carboxylic acids is 1. The van der Waals surface area contributed by atoms with Crippen LogP contribution in [0.2, 0.25) is 0 Å². The molecule has 0 aromatic heterocycles. The molecule has 1 amide bonds. The van der Waals surface area contributed by atoms with Crippen molar-refractivity contribution in [3.05, 3.63) is 35.4 Å². The second-order valence-electron chi connectivity index (χ2n) is 5.57. The van der Waals surface area contributed by atoms with Gasteiger partial charge in [-0.1, -0.05) is 12.1 Å². The molecule has 126 valence electrons. The number of aromatic carboxylic acids is 1. The Kier molecular flexibility index (Phi) is 5.38. The largest absolute Gasteiger partial charge is 0.478 e. The third kappa shape index (κ3) is 4.52. The van der Waals surface area contributed by atoms with E-state index in [9.17, 15) is 18.0 Å². The van der Waals surface area contributed by atoms with Crippen LogP contribution in [0.15, 0.2) is 24.3 Å². The van der Waals surface area contributed by atoms with E-state index in [1.165, 1.54) is 16.4 Å². The Morgan fingerprint density at radius 3 is 2.52 bits per heavy atom. The van der Waals surface area contributed by atoms with E-state index in [0.717, 1.165) is 11.8 Å². The second kappa shape index (κ2) is 7.10. The number of hydrogen-bond acceptors (Lipinski definition) is 4. The zero-order chi connectivity index (χ0) is 17.0. The molecule has 0 spiro atoms. The minimum absolute atomic E-state index is 0.215. The smallest absolute Gasteiger partial charge is 0.335 e. The number of amides is 1. The van der Waals surface area contributed by atoms with Gasteiger partial charge in [0.05, 0.1) is 11.8 Å². The number of carboxylic acid groups (broad SMARTS) is 1. The SMILES string of the molecule is CS(=O)(=O)N1CCC[C@@H]1C(=O)NCCc1ccc(C(=O)O)cc1. The zero-order valence-corrected chi connectivity index (χ0v) is 13.7. The lowest BCUT2D eigenvalue weighted by Gasteiger charge is -2.21. The predicted octanol–water partition coefficient (Wildman–Crippen LogP) is 0.468. The molecule has 1 aromatic rings. The van der Waals surface area contributed by atoms with Crippen LogP contribution in [0.5, 0.6) is 0 Å². The van der Waals surface area contributed by atoms with Crippen LogP contribution in [-0.2, 0) is 21.2 Å². The summed E-state index contributed by atoms with van der Waals surface area (Å²) in [5.74, 6) is -1.26. The molecule has 1 heterocycles. The molecule has 0 aliphatic carbocycles. The average molecular weight is 340 g/mol. The first-order valence-corrected chi connectivity index (χ1v) is 9.20. The summed E-state index contributed by atoms with van der Waals surface area (Å²) >= 11 is 0. The number of benzene rings is 1. The quantitative estimate of drug-likeness (QED) is 0.783. The highest BCUT2D eigenvalue weighted by Gasteiger charge is 2.36. The van der Waals surface area contributed by atoms with Crippen molar-refractivity contribution in [3.8, 4) is 0 Å². The van der Waals surface area contributed by atoms with Gasteiger partial charge in [0.15, 0.2) is 0 Å². The van der Waals surface area contributed by atoms with E-state index in [-0.39, 0.29) is 11.5 Å². The van der Waals surface area contributed by atoms with Crippen LogP contribution >= 0.6 is 0 Å². The Morgan fingerprint density at radius 1 is 1.30 bits per heavy atom. The van der Waals surface area contributed by atoms with Gasteiger partial charge in [0.25, 0.3) is 0 Å². The lowest BCUT2D eigenvalue weighted by atomic mass is 10.1. The van der Waals surface area contributed by atoms with Crippen molar-refractivity contribution in [3.63, 3.8) is 0 Å². The molecule has 1 fully saturated rings. The van der Waals surface area contributed by atoms with Gasteiger partial charge < -0.3 is 10.4 Å². The predicted molar refractivity (Wildman–Crippen MR) is 84.7 cm³/mol. The summed E-state index contributed by atoms with van der Waals surface area (Å²) in [4.78, 5) is 22.9. The number of rotatable bonds is 6. The topological polar surface area (TPSA) is 104 Å². The number of carbonyl (C=O) groups excluding carboxylic acids is 1. The maximum atomic E-state index is 12.1. The summed E-state index contributed by atoms with van der Waals surface area (Å²) in [5.41, 5.74) is 1.12. The van der Waals surface area contributed by atoms with E-state index in [4.69, 9.17) is 5.11 Å². The zero-order valence-electron chi connectivity index (χ0n) is 12.9. The van der Waals surface area contributed by atoms with Gasteiger partial charge in [0.2, 0.25) is 15.9 Å². The van der Waals surface area contributed by atoms with Gasteiger partial charge in [-0.15, -0.1) is 0 Å². The molecule has 8 heteroatoms. The molecule has 1 aliphatic heterocycles. The standard InChI is InChI=1S/C15H20N2O5S/c1-23(21,22)17-10-2-3-13(17)14(18)16-9-8-11-4-6-12(7-5-11)15(19)20/h4-7,13H,2-3,8-10H2,1H3,(H,16,18)(H,19,20)/t13-/m1/s1. The van der Waals surface area contributed by atoms with Gasteiger partial charge in [-0.05, 0) is 37.0 Å². The summed E-state index contributed by atoms with van der Waals surface area (Å²) in [7, 11) is -3.37. The average Bonchev–Trinajstić information content (AvgIpc) is 2.97. The highest BCUT2D eigenvalue weighted by Crippen LogP contribution is 2.20. The molecular weight excluding hydrogens is 320 g/mol. The van der Waals surface area contributed by atoms with Gasteiger partial charge in [-0.3, -0.25) is 4.79 Å².